The molecule has 0 saturated carbocycles. The third-order valence-electron chi connectivity index (χ3n) is 5.66. The van der Waals surface area contributed by atoms with Gasteiger partial charge in [0, 0.05) is 11.5 Å². The molecule has 1 aromatic carbocycles. The van der Waals surface area contributed by atoms with Crippen LogP contribution in [0.15, 0.2) is 50.2 Å². The van der Waals surface area contributed by atoms with Gasteiger partial charge in [0.2, 0.25) is 0 Å². The zero-order chi connectivity index (χ0) is 19.5. The van der Waals surface area contributed by atoms with Gasteiger partial charge in [-0.2, -0.15) is 0 Å². The molecular formula is C21H18N2O5. The van der Waals surface area contributed by atoms with E-state index in [0.29, 0.717) is 16.9 Å². The minimum absolute atomic E-state index is 0.0121. The molecule has 3 heterocycles. The standard InChI is InChI=1S/C21H18N2O5/c1-21(17-6-3-7-27-17)19(25)23(20(26)22-21)11-14-10-18(24)28-16-9-13-5-2-4-12(13)8-15(14)16/h3,6-10H,2,4-5,11H2,1H3,(H,22,26). The molecule has 0 radical (unpaired) electrons. The predicted molar refractivity (Wildman–Crippen MR) is 99.7 cm³/mol. The number of benzene rings is 1. The maximum atomic E-state index is 13.0. The minimum atomic E-state index is -1.27. The molecule has 1 aliphatic heterocycles. The summed E-state index contributed by atoms with van der Waals surface area (Å²) in [4.78, 5) is 38.8. The van der Waals surface area contributed by atoms with Gasteiger partial charge >= 0.3 is 11.7 Å². The van der Waals surface area contributed by atoms with Crippen molar-refractivity contribution >= 4 is 22.9 Å². The van der Waals surface area contributed by atoms with Crippen molar-refractivity contribution in [3.05, 3.63) is 69.5 Å². The molecule has 1 unspecified atom stereocenters. The highest BCUT2D eigenvalue weighted by Crippen LogP contribution is 2.32. The molecule has 1 saturated heterocycles. The van der Waals surface area contributed by atoms with Gasteiger partial charge in [-0.15, -0.1) is 0 Å². The maximum Gasteiger partial charge on any atom is 0.336 e. The zero-order valence-electron chi connectivity index (χ0n) is 15.3. The van der Waals surface area contributed by atoms with Gasteiger partial charge in [-0.25, -0.2) is 9.59 Å². The van der Waals surface area contributed by atoms with E-state index in [1.165, 1.54) is 23.5 Å². The Morgan fingerprint density at radius 2 is 1.93 bits per heavy atom. The van der Waals surface area contributed by atoms with Gasteiger partial charge in [-0.3, -0.25) is 9.69 Å². The molecule has 7 nitrogen and oxygen atoms in total. The SMILES string of the molecule is CC1(c2ccco2)NC(=O)N(Cc2cc(=O)oc3cc4c(cc23)CCC4)C1=O. The number of hydrogen-bond acceptors (Lipinski definition) is 5. The quantitative estimate of drug-likeness (QED) is 0.559. The summed E-state index contributed by atoms with van der Waals surface area (Å²) < 4.78 is 10.7. The van der Waals surface area contributed by atoms with Crippen LogP contribution in [0, 0.1) is 0 Å². The second-order valence-corrected chi connectivity index (χ2v) is 7.49. The predicted octanol–water partition coefficient (Wildman–Crippen LogP) is 2.84. The van der Waals surface area contributed by atoms with Crippen LogP contribution in [0.25, 0.3) is 11.0 Å². The van der Waals surface area contributed by atoms with Crippen molar-refractivity contribution < 1.29 is 18.4 Å². The number of carbonyl (C=O) groups excluding carboxylic acids is 2. The average Bonchev–Trinajstić information content (AvgIpc) is 3.38. The lowest BCUT2D eigenvalue weighted by atomic mass is 9.99. The molecule has 1 aliphatic carbocycles. The topological polar surface area (TPSA) is 92.8 Å². The van der Waals surface area contributed by atoms with E-state index >= 15 is 0 Å². The highest BCUT2D eigenvalue weighted by Gasteiger charge is 2.51. The van der Waals surface area contributed by atoms with E-state index in [1.54, 1.807) is 19.1 Å². The number of carbonyl (C=O) groups is 2. The fourth-order valence-electron chi connectivity index (χ4n) is 4.17. The minimum Gasteiger partial charge on any atom is -0.466 e. The molecule has 5 rings (SSSR count). The van der Waals surface area contributed by atoms with Crippen LogP contribution in [0.3, 0.4) is 0 Å². The van der Waals surface area contributed by atoms with Crippen LogP contribution in [-0.2, 0) is 29.7 Å². The Bertz CT molecular complexity index is 1180. The van der Waals surface area contributed by atoms with Crippen molar-refractivity contribution in [3.63, 3.8) is 0 Å². The lowest BCUT2D eigenvalue weighted by Gasteiger charge is -2.19. The number of rotatable bonds is 3. The number of amides is 3. The van der Waals surface area contributed by atoms with Gasteiger partial charge < -0.3 is 14.2 Å². The summed E-state index contributed by atoms with van der Waals surface area (Å²) >= 11 is 0. The zero-order valence-corrected chi connectivity index (χ0v) is 15.3. The van der Waals surface area contributed by atoms with E-state index in [1.807, 2.05) is 12.1 Å². The van der Waals surface area contributed by atoms with E-state index in [-0.39, 0.29) is 6.54 Å². The second kappa shape index (κ2) is 5.82. The Morgan fingerprint density at radius 3 is 2.68 bits per heavy atom. The van der Waals surface area contributed by atoms with Crippen LogP contribution in [0.4, 0.5) is 4.79 Å². The highest BCUT2D eigenvalue weighted by atomic mass is 16.4. The van der Waals surface area contributed by atoms with Crippen LogP contribution in [0.2, 0.25) is 0 Å². The van der Waals surface area contributed by atoms with Crippen molar-refractivity contribution in [1.29, 1.82) is 0 Å². The van der Waals surface area contributed by atoms with E-state index < -0.39 is 23.1 Å². The largest absolute Gasteiger partial charge is 0.466 e. The molecule has 3 amide bonds. The van der Waals surface area contributed by atoms with Crippen molar-refractivity contribution in [3.8, 4) is 0 Å². The fraction of sp³-hybridized carbons (Fsp3) is 0.286. The highest BCUT2D eigenvalue weighted by molar-refractivity contribution is 6.07. The summed E-state index contributed by atoms with van der Waals surface area (Å²) in [5.74, 6) is -0.0568. The third kappa shape index (κ3) is 2.39. The Hall–Kier alpha value is -3.35. The monoisotopic (exact) mass is 378 g/mol. The summed E-state index contributed by atoms with van der Waals surface area (Å²) in [6.45, 7) is 1.60. The summed E-state index contributed by atoms with van der Waals surface area (Å²) in [7, 11) is 0. The number of furan rings is 1. The number of fused-ring (bicyclic) bond motifs is 2. The van der Waals surface area contributed by atoms with Crippen LogP contribution in [0.1, 0.15) is 35.8 Å². The van der Waals surface area contributed by atoms with Crippen molar-refractivity contribution in [2.24, 2.45) is 0 Å². The maximum absolute atomic E-state index is 13.0. The fourth-order valence-corrected chi connectivity index (χ4v) is 4.17. The number of aryl methyl sites for hydroxylation is 2. The first-order valence-electron chi connectivity index (χ1n) is 9.22. The smallest absolute Gasteiger partial charge is 0.336 e. The Kier molecular flexibility index (Phi) is 3.49. The molecule has 142 valence electrons. The molecule has 1 fully saturated rings. The van der Waals surface area contributed by atoms with Gasteiger partial charge in [0.05, 0.1) is 12.8 Å². The van der Waals surface area contributed by atoms with Crippen molar-refractivity contribution in [1.82, 2.24) is 10.2 Å². The number of nitrogens with zero attached hydrogens (tertiary/aromatic N) is 1. The third-order valence-corrected chi connectivity index (χ3v) is 5.66. The van der Waals surface area contributed by atoms with Crippen LogP contribution >= 0.6 is 0 Å². The Balaban J connectivity index is 1.56. The summed E-state index contributed by atoms with van der Waals surface area (Å²) in [6.07, 6.45) is 4.47. The van der Waals surface area contributed by atoms with Gasteiger partial charge in [0.15, 0.2) is 5.54 Å². The van der Waals surface area contributed by atoms with E-state index in [9.17, 15) is 14.4 Å². The Labute approximate surface area is 159 Å². The molecule has 1 atom stereocenters. The van der Waals surface area contributed by atoms with Gasteiger partial charge in [-0.1, -0.05) is 0 Å². The van der Waals surface area contributed by atoms with E-state index in [2.05, 4.69) is 5.32 Å². The normalized spacial score (nSPS) is 21.4. The average molecular weight is 378 g/mol. The number of urea groups is 1. The molecule has 2 aliphatic rings. The second-order valence-electron chi connectivity index (χ2n) is 7.49. The molecule has 3 aromatic rings. The lowest BCUT2D eigenvalue weighted by Crippen LogP contribution is -2.40. The molecule has 1 N–H and O–H groups in total. The summed E-state index contributed by atoms with van der Waals surface area (Å²) in [5.41, 5.74) is 1.73. The van der Waals surface area contributed by atoms with Gasteiger partial charge in [0.1, 0.15) is 11.3 Å². The van der Waals surface area contributed by atoms with E-state index in [4.69, 9.17) is 8.83 Å². The van der Waals surface area contributed by atoms with Gasteiger partial charge in [0.25, 0.3) is 5.91 Å². The van der Waals surface area contributed by atoms with Crippen molar-refractivity contribution in [2.45, 2.75) is 38.3 Å². The summed E-state index contributed by atoms with van der Waals surface area (Å²) in [5, 5.41) is 3.46. The molecule has 0 bridgehead atoms. The van der Waals surface area contributed by atoms with Crippen LogP contribution in [-0.4, -0.2) is 16.8 Å². The number of nitrogens with one attached hydrogen (secondary N) is 1. The van der Waals surface area contributed by atoms with Crippen LogP contribution < -0.4 is 10.9 Å². The first kappa shape index (κ1) is 16.8. The molecule has 7 heteroatoms. The first-order chi connectivity index (χ1) is 13.5. The molecule has 2 aromatic heterocycles. The van der Waals surface area contributed by atoms with E-state index in [0.717, 1.165) is 29.5 Å². The van der Waals surface area contributed by atoms with Gasteiger partial charge in [-0.05, 0) is 67.1 Å². The molecular weight excluding hydrogens is 360 g/mol. The number of hydrogen-bond donors (Lipinski definition) is 1. The van der Waals surface area contributed by atoms with Crippen LogP contribution in [0.5, 0.6) is 0 Å². The van der Waals surface area contributed by atoms with Crippen molar-refractivity contribution in [2.75, 3.05) is 0 Å². The molecule has 28 heavy (non-hydrogen) atoms. The summed E-state index contributed by atoms with van der Waals surface area (Å²) in [6, 6.07) is 8.07. The first-order valence-corrected chi connectivity index (χ1v) is 9.22. The Morgan fingerprint density at radius 1 is 1.14 bits per heavy atom. The lowest BCUT2D eigenvalue weighted by molar-refractivity contribution is -0.132. The molecule has 0 spiro atoms. The number of imide groups is 1.